The van der Waals surface area contributed by atoms with Gasteiger partial charge in [0.15, 0.2) is 5.82 Å². The molecule has 0 radical (unpaired) electrons. The topological polar surface area (TPSA) is 78.5 Å². The summed E-state index contributed by atoms with van der Waals surface area (Å²) in [6.45, 7) is 1.81. The minimum absolute atomic E-state index is 0.00525. The van der Waals surface area contributed by atoms with Gasteiger partial charge in [-0.1, -0.05) is 6.07 Å². The Morgan fingerprint density at radius 2 is 1.90 bits per heavy atom. The maximum Gasteiger partial charge on any atom is 0.451 e. The molecular formula is C18H13F3N6OS. The number of halogens is 3. The number of pyridine rings is 2. The average molecular weight is 418 g/mol. The van der Waals surface area contributed by atoms with Crippen LogP contribution in [0.5, 0.6) is 0 Å². The third-order valence-corrected chi connectivity index (χ3v) is 5.35. The van der Waals surface area contributed by atoms with Crippen LogP contribution in [0.1, 0.15) is 11.5 Å². The van der Waals surface area contributed by atoms with Crippen molar-refractivity contribution in [2.45, 2.75) is 13.1 Å². The highest BCUT2D eigenvalue weighted by Crippen LogP contribution is 2.34. The van der Waals surface area contributed by atoms with E-state index in [-0.39, 0.29) is 5.82 Å². The first-order valence-electron chi connectivity index (χ1n) is 8.34. The number of aromatic nitrogens is 6. The van der Waals surface area contributed by atoms with Gasteiger partial charge in [-0.15, -0.1) is 16.4 Å². The molecule has 0 aliphatic heterocycles. The summed E-state index contributed by atoms with van der Waals surface area (Å²) >= 11 is 1.38. The number of rotatable bonds is 3. The van der Waals surface area contributed by atoms with E-state index in [9.17, 15) is 18.0 Å². The van der Waals surface area contributed by atoms with Crippen LogP contribution in [0, 0.1) is 6.92 Å². The van der Waals surface area contributed by atoms with Gasteiger partial charge in [-0.3, -0.25) is 9.55 Å². The molecule has 4 heterocycles. The Morgan fingerprint density at radius 3 is 2.55 bits per heavy atom. The van der Waals surface area contributed by atoms with Gasteiger partial charge in [0.2, 0.25) is 5.82 Å². The fraction of sp³-hybridized carbons (Fsp3) is 0.167. The zero-order valence-corrected chi connectivity index (χ0v) is 16.0. The van der Waals surface area contributed by atoms with Gasteiger partial charge in [-0.05, 0) is 31.2 Å². The molecule has 0 aromatic carbocycles. The van der Waals surface area contributed by atoms with Gasteiger partial charge >= 0.3 is 11.9 Å². The first-order valence-corrected chi connectivity index (χ1v) is 9.16. The predicted octanol–water partition coefficient (Wildman–Crippen LogP) is 3.48. The molecule has 4 aromatic heterocycles. The average Bonchev–Trinajstić information content (AvgIpc) is 3.23. The molecule has 0 aliphatic carbocycles. The normalized spacial score (nSPS) is 11.8. The smallest absolute Gasteiger partial charge is 0.274 e. The summed E-state index contributed by atoms with van der Waals surface area (Å²) in [4.78, 5) is 25.9. The molecule has 0 unspecified atom stereocenters. The molecule has 4 aromatic rings. The number of alkyl halides is 3. The predicted molar refractivity (Wildman–Crippen MR) is 101 cm³/mol. The van der Waals surface area contributed by atoms with Gasteiger partial charge in [0.1, 0.15) is 5.01 Å². The Hall–Kier alpha value is -3.34. The van der Waals surface area contributed by atoms with Crippen molar-refractivity contribution in [2.75, 3.05) is 0 Å². The highest BCUT2D eigenvalue weighted by molar-refractivity contribution is 7.18. The van der Waals surface area contributed by atoms with Crippen LogP contribution in [0.15, 0.2) is 47.5 Å². The lowest BCUT2D eigenvalue weighted by molar-refractivity contribution is -0.147. The summed E-state index contributed by atoms with van der Waals surface area (Å²) < 4.78 is 40.2. The maximum atomic E-state index is 13.1. The van der Waals surface area contributed by atoms with E-state index in [1.54, 1.807) is 30.6 Å². The number of hydrogen-bond acceptors (Lipinski definition) is 6. The highest BCUT2D eigenvalue weighted by atomic mass is 32.1. The molecule has 0 saturated carbocycles. The molecule has 7 nitrogen and oxygen atoms in total. The van der Waals surface area contributed by atoms with Crippen LogP contribution in [0.25, 0.3) is 27.0 Å². The first-order chi connectivity index (χ1) is 13.8. The Balaban J connectivity index is 1.79. The lowest BCUT2D eigenvalue weighted by atomic mass is 10.2. The fourth-order valence-electron chi connectivity index (χ4n) is 2.75. The molecule has 29 heavy (non-hydrogen) atoms. The molecule has 148 valence electrons. The second kappa shape index (κ2) is 6.92. The number of aryl methyl sites for hydroxylation is 1. The minimum atomic E-state index is -4.75. The molecule has 0 spiro atoms. The van der Waals surface area contributed by atoms with Crippen LogP contribution in [-0.4, -0.2) is 29.3 Å². The Morgan fingerprint density at radius 1 is 1.10 bits per heavy atom. The minimum Gasteiger partial charge on any atom is -0.274 e. The van der Waals surface area contributed by atoms with Crippen molar-refractivity contribution in [3.05, 3.63) is 64.7 Å². The highest BCUT2D eigenvalue weighted by Gasteiger charge is 2.38. The van der Waals surface area contributed by atoms with E-state index < -0.39 is 17.7 Å². The second-order valence-corrected chi connectivity index (χ2v) is 7.13. The summed E-state index contributed by atoms with van der Waals surface area (Å²) in [6, 6.07) is 8.42. The van der Waals surface area contributed by atoms with Crippen LogP contribution < -0.4 is 5.69 Å². The second-order valence-electron chi connectivity index (χ2n) is 6.13. The molecule has 4 rings (SSSR count). The maximum absolute atomic E-state index is 13.1. The molecule has 0 saturated heterocycles. The lowest BCUT2D eigenvalue weighted by Gasteiger charge is -2.03. The molecule has 0 amide bonds. The van der Waals surface area contributed by atoms with Gasteiger partial charge in [0, 0.05) is 25.0 Å². The van der Waals surface area contributed by atoms with E-state index in [1.807, 2.05) is 13.0 Å². The van der Waals surface area contributed by atoms with Crippen molar-refractivity contribution in [2.24, 2.45) is 7.05 Å². The van der Waals surface area contributed by atoms with Gasteiger partial charge in [-0.25, -0.2) is 14.8 Å². The molecule has 11 heteroatoms. The third-order valence-electron chi connectivity index (χ3n) is 4.12. The summed E-state index contributed by atoms with van der Waals surface area (Å²) in [5, 5.41) is 4.16. The van der Waals surface area contributed by atoms with E-state index >= 15 is 0 Å². The van der Waals surface area contributed by atoms with Crippen molar-refractivity contribution >= 4 is 11.3 Å². The third kappa shape index (κ3) is 3.44. The quantitative estimate of drug-likeness (QED) is 0.509. The van der Waals surface area contributed by atoms with Crippen LogP contribution >= 0.6 is 11.3 Å². The van der Waals surface area contributed by atoms with Crippen molar-refractivity contribution in [1.82, 2.24) is 29.3 Å². The van der Waals surface area contributed by atoms with Crippen molar-refractivity contribution in [3.8, 4) is 27.0 Å². The van der Waals surface area contributed by atoms with Crippen LogP contribution in [0.2, 0.25) is 0 Å². The zero-order valence-electron chi connectivity index (χ0n) is 15.2. The van der Waals surface area contributed by atoms with Crippen LogP contribution in [-0.2, 0) is 13.2 Å². The number of thiazole rings is 1. The van der Waals surface area contributed by atoms with E-state index in [0.717, 1.165) is 22.5 Å². The first kappa shape index (κ1) is 19.0. The van der Waals surface area contributed by atoms with Gasteiger partial charge in [0.05, 0.1) is 16.3 Å². The van der Waals surface area contributed by atoms with Gasteiger partial charge < -0.3 is 0 Å². The molecule has 0 aliphatic rings. The zero-order chi connectivity index (χ0) is 20.8. The van der Waals surface area contributed by atoms with E-state index in [4.69, 9.17) is 0 Å². The Kier molecular flexibility index (Phi) is 4.53. The SMILES string of the molecule is Cc1nc(-c2cccnc2)sc1-c1cccc(-n2nc(C(F)(F)F)n(C)c2=O)n1. The van der Waals surface area contributed by atoms with Crippen LogP contribution in [0.4, 0.5) is 13.2 Å². The Labute approximate surface area is 166 Å². The van der Waals surface area contributed by atoms with Gasteiger partial charge in [0.25, 0.3) is 0 Å². The standard InChI is InChI=1S/C18H13F3N6OS/c1-10-14(29-15(23-10)11-5-4-8-22-9-11)12-6-3-7-13(24-12)27-17(28)26(2)16(25-27)18(19,20)21/h3-9H,1-2H3. The summed E-state index contributed by atoms with van der Waals surface area (Å²) in [7, 11) is 1.02. The molecule has 0 N–H and O–H groups in total. The molecule has 0 bridgehead atoms. The van der Waals surface area contributed by atoms with Crippen molar-refractivity contribution in [1.29, 1.82) is 0 Å². The number of nitrogens with zero attached hydrogens (tertiary/aromatic N) is 6. The molecule has 0 fully saturated rings. The summed E-state index contributed by atoms with van der Waals surface area (Å²) in [5.74, 6) is -1.29. The van der Waals surface area contributed by atoms with Gasteiger partial charge in [-0.2, -0.15) is 17.9 Å². The lowest BCUT2D eigenvalue weighted by Crippen LogP contribution is -2.24. The Bertz CT molecular complexity index is 1240. The molecular weight excluding hydrogens is 405 g/mol. The summed E-state index contributed by atoms with van der Waals surface area (Å²) in [6.07, 6.45) is -1.39. The van der Waals surface area contributed by atoms with E-state index in [0.29, 0.717) is 20.6 Å². The van der Waals surface area contributed by atoms with Crippen molar-refractivity contribution < 1.29 is 13.2 Å². The summed E-state index contributed by atoms with van der Waals surface area (Å²) in [5.41, 5.74) is 1.11. The molecule has 0 atom stereocenters. The largest absolute Gasteiger partial charge is 0.451 e. The van der Waals surface area contributed by atoms with E-state index in [1.165, 1.54) is 17.4 Å². The van der Waals surface area contributed by atoms with E-state index in [2.05, 4.69) is 20.1 Å². The van der Waals surface area contributed by atoms with Crippen molar-refractivity contribution in [3.63, 3.8) is 0 Å². The monoisotopic (exact) mass is 418 g/mol. The number of hydrogen-bond donors (Lipinski definition) is 0. The fourth-order valence-corrected chi connectivity index (χ4v) is 3.77. The van der Waals surface area contributed by atoms with Crippen LogP contribution in [0.3, 0.4) is 0 Å².